The van der Waals surface area contributed by atoms with Gasteiger partial charge in [0.1, 0.15) is 24.0 Å². The zero-order valence-corrected chi connectivity index (χ0v) is 14.3. The molecule has 26 heavy (non-hydrogen) atoms. The highest BCUT2D eigenvalue weighted by Crippen LogP contribution is 2.38. The minimum Gasteiger partial charge on any atom is -0.497 e. The summed E-state index contributed by atoms with van der Waals surface area (Å²) in [6.07, 6.45) is 0.543. The second-order valence-electron chi connectivity index (χ2n) is 6.58. The van der Waals surface area contributed by atoms with Crippen LogP contribution in [-0.2, 0) is 16.0 Å². The molecule has 2 aliphatic heterocycles. The zero-order chi connectivity index (χ0) is 18.3. The van der Waals surface area contributed by atoms with E-state index in [9.17, 15) is 14.7 Å². The van der Waals surface area contributed by atoms with Gasteiger partial charge < -0.3 is 19.5 Å². The van der Waals surface area contributed by atoms with E-state index in [2.05, 4.69) is 0 Å². The highest BCUT2D eigenvalue weighted by Gasteiger charge is 2.39. The molecule has 0 spiro atoms. The number of rotatable bonds is 3. The van der Waals surface area contributed by atoms with Gasteiger partial charge in [0.25, 0.3) is 0 Å². The average molecular weight is 353 g/mol. The number of hydrogen-bond donors (Lipinski definition) is 1. The van der Waals surface area contributed by atoms with Crippen molar-refractivity contribution in [1.29, 1.82) is 0 Å². The SMILES string of the molecule is COc1ccc2c(c1)CC(C(=O)N1CC(C(=O)O)c3ccccc31)CO2. The smallest absolute Gasteiger partial charge is 0.312 e. The van der Waals surface area contributed by atoms with Gasteiger partial charge in [0, 0.05) is 12.2 Å². The molecule has 2 heterocycles. The summed E-state index contributed by atoms with van der Waals surface area (Å²) in [5, 5.41) is 9.48. The van der Waals surface area contributed by atoms with Crippen molar-refractivity contribution in [2.24, 2.45) is 5.92 Å². The first kappa shape index (κ1) is 16.4. The Balaban J connectivity index is 1.60. The fourth-order valence-corrected chi connectivity index (χ4v) is 3.70. The topological polar surface area (TPSA) is 76.1 Å². The van der Waals surface area contributed by atoms with E-state index in [1.807, 2.05) is 24.3 Å². The molecule has 6 heteroatoms. The molecule has 0 aromatic heterocycles. The van der Waals surface area contributed by atoms with E-state index in [-0.39, 0.29) is 25.0 Å². The van der Waals surface area contributed by atoms with Crippen LogP contribution in [0.5, 0.6) is 11.5 Å². The number of hydrogen-bond acceptors (Lipinski definition) is 4. The fourth-order valence-electron chi connectivity index (χ4n) is 3.70. The van der Waals surface area contributed by atoms with Crippen molar-refractivity contribution in [3.63, 3.8) is 0 Å². The lowest BCUT2D eigenvalue weighted by Gasteiger charge is -2.28. The monoisotopic (exact) mass is 353 g/mol. The van der Waals surface area contributed by atoms with E-state index in [0.717, 1.165) is 17.1 Å². The van der Waals surface area contributed by atoms with Crippen molar-refractivity contribution in [3.05, 3.63) is 53.6 Å². The Morgan fingerprint density at radius 2 is 2.04 bits per heavy atom. The highest BCUT2D eigenvalue weighted by molar-refractivity contribution is 6.00. The van der Waals surface area contributed by atoms with Crippen LogP contribution in [-0.4, -0.2) is 37.2 Å². The molecule has 0 saturated heterocycles. The normalized spacial score (nSPS) is 20.7. The largest absolute Gasteiger partial charge is 0.497 e. The average Bonchev–Trinajstić information content (AvgIpc) is 3.06. The molecule has 2 unspecified atom stereocenters. The first-order chi connectivity index (χ1) is 12.6. The molecule has 0 bridgehead atoms. The molecule has 2 aliphatic rings. The number of benzene rings is 2. The first-order valence-corrected chi connectivity index (χ1v) is 8.51. The number of carboxylic acid groups (broad SMARTS) is 1. The minimum absolute atomic E-state index is 0.102. The van der Waals surface area contributed by atoms with E-state index in [1.54, 1.807) is 30.2 Å². The van der Waals surface area contributed by atoms with Crippen LogP contribution in [0, 0.1) is 5.92 Å². The molecule has 2 aromatic carbocycles. The maximum atomic E-state index is 13.1. The molecule has 0 saturated carbocycles. The number of carboxylic acids is 1. The maximum absolute atomic E-state index is 13.1. The van der Waals surface area contributed by atoms with E-state index in [0.29, 0.717) is 17.7 Å². The lowest BCUT2D eigenvalue weighted by atomic mass is 9.95. The van der Waals surface area contributed by atoms with Gasteiger partial charge in [-0.15, -0.1) is 0 Å². The standard InChI is InChI=1S/C20H19NO5/c1-25-14-6-7-18-12(9-14)8-13(11-26-18)19(22)21-10-16(20(23)24)15-4-2-3-5-17(15)21/h2-7,9,13,16H,8,10-11H2,1H3,(H,23,24). The lowest BCUT2D eigenvalue weighted by molar-refractivity contribution is -0.138. The number of carbonyl (C=O) groups is 2. The van der Waals surface area contributed by atoms with E-state index < -0.39 is 11.9 Å². The van der Waals surface area contributed by atoms with Gasteiger partial charge in [-0.1, -0.05) is 18.2 Å². The summed E-state index contributed by atoms with van der Waals surface area (Å²) < 4.78 is 11.0. The van der Waals surface area contributed by atoms with Crippen molar-refractivity contribution in [1.82, 2.24) is 0 Å². The number of amides is 1. The second kappa shape index (κ2) is 6.37. The molecular weight excluding hydrogens is 334 g/mol. The van der Waals surface area contributed by atoms with Crippen LogP contribution in [0.25, 0.3) is 0 Å². The summed E-state index contributed by atoms with van der Waals surface area (Å²) in [6.45, 7) is 0.448. The van der Waals surface area contributed by atoms with Crippen molar-refractivity contribution in [2.45, 2.75) is 12.3 Å². The van der Waals surface area contributed by atoms with Crippen LogP contribution in [0.1, 0.15) is 17.0 Å². The molecule has 0 fully saturated rings. The van der Waals surface area contributed by atoms with Crippen molar-refractivity contribution >= 4 is 17.6 Å². The van der Waals surface area contributed by atoms with Crippen molar-refractivity contribution < 1.29 is 24.2 Å². The lowest BCUT2D eigenvalue weighted by Crippen LogP contribution is -2.40. The molecule has 1 amide bonds. The molecule has 0 radical (unpaired) electrons. The quantitative estimate of drug-likeness (QED) is 0.917. The molecule has 1 N–H and O–H groups in total. The van der Waals surface area contributed by atoms with Crippen LogP contribution in [0.4, 0.5) is 5.69 Å². The van der Waals surface area contributed by atoms with Gasteiger partial charge in [0.2, 0.25) is 5.91 Å². The van der Waals surface area contributed by atoms with E-state index >= 15 is 0 Å². The van der Waals surface area contributed by atoms with Gasteiger partial charge in [-0.25, -0.2) is 0 Å². The van der Waals surface area contributed by atoms with Gasteiger partial charge in [-0.05, 0) is 41.8 Å². The third kappa shape index (κ3) is 2.67. The Hall–Kier alpha value is -3.02. The number of aliphatic carboxylic acids is 1. The van der Waals surface area contributed by atoms with Crippen LogP contribution >= 0.6 is 0 Å². The maximum Gasteiger partial charge on any atom is 0.312 e. The molecule has 4 rings (SSSR count). The van der Waals surface area contributed by atoms with Crippen LogP contribution < -0.4 is 14.4 Å². The number of para-hydroxylation sites is 1. The minimum atomic E-state index is -0.914. The van der Waals surface area contributed by atoms with Gasteiger partial charge >= 0.3 is 5.97 Å². The number of fused-ring (bicyclic) bond motifs is 2. The summed E-state index contributed by atoms with van der Waals surface area (Å²) in [4.78, 5) is 26.3. The number of methoxy groups -OCH3 is 1. The van der Waals surface area contributed by atoms with E-state index in [1.165, 1.54) is 0 Å². The van der Waals surface area contributed by atoms with Crippen LogP contribution in [0.2, 0.25) is 0 Å². The Morgan fingerprint density at radius 3 is 2.81 bits per heavy atom. The van der Waals surface area contributed by atoms with E-state index in [4.69, 9.17) is 9.47 Å². The summed E-state index contributed by atoms with van der Waals surface area (Å²) in [5.41, 5.74) is 2.30. The third-order valence-electron chi connectivity index (χ3n) is 5.06. The summed E-state index contributed by atoms with van der Waals surface area (Å²) >= 11 is 0. The summed E-state index contributed by atoms with van der Waals surface area (Å²) in [7, 11) is 1.60. The predicted molar refractivity (Wildman–Crippen MR) is 94.9 cm³/mol. The summed E-state index contributed by atoms with van der Waals surface area (Å²) in [6, 6.07) is 12.8. The van der Waals surface area contributed by atoms with Crippen molar-refractivity contribution in [3.8, 4) is 11.5 Å². The van der Waals surface area contributed by atoms with Gasteiger partial charge in [0.05, 0.1) is 13.0 Å². The van der Waals surface area contributed by atoms with Crippen LogP contribution in [0.3, 0.4) is 0 Å². The Labute approximate surface area is 151 Å². The van der Waals surface area contributed by atoms with Gasteiger partial charge in [-0.2, -0.15) is 0 Å². The number of nitrogens with zero attached hydrogens (tertiary/aromatic N) is 1. The molecule has 2 atom stereocenters. The number of anilines is 1. The summed E-state index contributed by atoms with van der Waals surface area (Å²) in [5.74, 6) is -0.572. The second-order valence-corrected chi connectivity index (χ2v) is 6.58. The Bertz CT molecular complexity index is 878. The highest BCUT2D eigenvalue weighted by atomic mass is 16.5. The molecule has 0 aliphatic carbocycles. The Morgan fingerprint density at radius 1 is 1.23 bits per heavy atom. The molecule has 134 valence electrons. The zero-order valence-electron chi connectivity index (χ0n) is 14.3. The molecule has 2 aromatic rings. The van der Waals surface area contributed by atoms with Gasteiger partial charge in [0.15, 0.2) is 0 Å². The predicted octanol–water partition coefficient (Wildman–Crippen LogP) is 2.46. The first-order valence-electron chi connectivity index (χ1n) is 8.51. The van der Waals surface area contributed by atoms with Crippen LogP contribution in [0.15, 0.2) is 42.5 Å². The fraction of sp³-hybridized carbons (Fsp3) is 0.300. The molecule has 6 nitrogen and oxygen atoms in total. The molecular formula is C20H19NO5. The third-order valence-corrected chi connectivity index (χ3v) is 5.06. The number of carbonyl (C=O) groups excluding carboxylic acids is 1. The van der Waals surface area contributed by atoms with Gasteiger partial charge in [-0.3, -0.25) is 9.59 Å². The number of ether oxygens (including phenoxy) is 2. The Kier molecular flexibility index (Phi) is 4.03. The van der Waals surface area contributed by atoms with Crippen molar-refractivity contribution in [2.75, 3.05) is 25.2 Å².